The second-order valence-electron chi connectivity index (χ2n) is 6.22. The molecule has 7 nitrogen and oxygen atoms in total. The van der Waals surface area contributed by atoms with Crippen LogP contribution in [0.25, 0.3) is 11.3 Å². The second kappa shape index (κ2) is 8.06. The Hall–Kier alpha value is -3.44. The van der Waals surface area contributed by atoms with Gasteiger partial charge in [0.25, 0.3) is 0 Å². The number of amides is 1. The van der Waals surface area contributed by atoms with E-state index in [2.05, 4.69) is 39.0 Å². The molecule has 28 heavy (non-hydrogen) atoms. The SMILES string of the molecule is CC(=O)Nc1ccc(-c2nc(C(S)c3cc(C)ccn3)nc(N)c2C#N)cc1. The zero-order chi connectivity index (χ0) is 20.3. The Morgan fingerprint density at radius 3 is 2.57 bits per heavy atom. The van der Waals surface area contributed by atoms with Gasteiger partial charge in [0.2, 0.25) is 5.91 Å². The molecule has 1 atom stereocenters. The lowest BCUT2D eigenvalue weighted by Crippen LogP contribution is -2.09. The van der Waals surface area contributed by atoms with Gasteiger partial charge in [-0.1, -0.05) is 12.1 Å². The molecule has 1 amide bonds. The van der Waals surface area contributed by atoms with E-state index >= 15 is 0 Å². The molecule has 0 radical (unpaired) electrons. The van der Waals surface area contributed by atoms with Crippen LogP contribution in [-0.4, -0.2) is 20.9 Å². The van der Waals surface area contributed by atoms with Crippen LogP contribution in [0.4, 0.5) is 11.5 Å². The van der Waals surface area contributed by atoms with Crippen LogP contribution < -0.4 is 11.1 Å². The molecule has 1 aromatic carbocycles. The van der Waals surface area contributed by atoms with E-state index in [0.717, 1.165) is 5.56 Å². The number of aryl methyl sites for hydroxylation is 1. The van der Waals surface area contributed by atoms with Gasteiger partial charge in [-0.2, -0.15) is 17.9 Å². The van der Waals surface area contributed by atoms with Crippen LogP contribution in [0.3, 0.4) is 0 Å². The number of pyridine rings is 1. The zero-order valence-electron chi connectivity index (χ0n) is 15.3. The van der Waals surface area contributed by atoms with Crippen molar-refractivity contribution in [3.63, 3.8) is 0 Å². The minimum Gasteiger partial charge on any atom is -0.382 e. The maximum absolute atomic E-state index is 11.2. The summed E-state index contributed by atoms with van der Waals surface area (Å²) in [5.41, 5.74) is 9.68. The van der Waals surface area contributed by atoms with Crippen molar-refractivity contribution in [2.45, 2.75) is 19.1 Å². The van der Waals surface area contributed by atoms with Crippen LogP contribution in [0.5, 0.6) is 0 Å². The molecule has 2 aromatic heterocycles. The van der Waals surface area contributed by atoms with Gasteiger partial charge in [-0.25, -0.2) is 9.97 Å². The number of carbonyl (C=O) groups is 1. The molecule has 140 valence electrons. The number of anilines is 2. The van der Waals surface area contributed by atoms with Crippen molar-refractivity contribution in [1.82, 2.24) is 15.0 Å². The number of nitrogens with zero attached hydrogens (tertiary/aromatic N) is 4. The third-order valence-electron chi connectivity index (χ3n) is 4.01. The van der Waals surface area contributed by atoms with Gasteiger partial charge < -0.3 is 11.1 Å². The van der Waals surface area contributed by atoms with Crippen LogP contribution in [0.2, 0.25) is 0 Å². The summed E-state index contributed by atoms with van der Waals surface area (Å²) in [6.45, 7) is 3.40. The van der Waals surface area contributed by atoms with Gasteiger partial charge in [0.15, 0.2) is 0 Å². The fraction of sp³-hybridized carbons (Fsp3) is 0.150. The lowest BCUT2D eigenvalue weighted by molar-refractivity contribution is -0.114. The van der Waals surface area contributed by atoms with Crippen molar-refractivity contribution in [1.29, 1.82) is 5.26 Å². The van der Waals surface area contributed by atoms with E-state index in [1.54, 1.807) is 30.5 Å². The van der Waals surface area contributed by atoms with Gasteiger partial charge in [-0.05, 0) is 36.8 Å². The first-order chi connectivity index (χ1) is 13.4. The van der Waals surface area contributed by atoms with Crippen molar-refractivity contribution in [3.8, 4) is 17.3 Å². The maximum Gasteiger partial charge on any atom is 0.221 e. The molecule has 0 aliphatic heterocycles. The Bertz CT molecular complexity index is 1080. The first-order valence-corrected chi connectivity index (χ1v) is 8.97. The summed E-state index contributed by atoms with van der Waals surface area (Å²) < 4.78 is 0. The van der Waals surface area contributed by atoms with E-state index in [4.69, 9.17) is 5.73 Å². The molecular formula is C20H18N6OS. The van der Waals surface area contributed by atoms with Crippen LogP contribution in [0.1, 0.15) is 34.8 Å². The van der Waals surface area contributed by atoms with E-state index in [9.17, 15) is 10.1 Å². The molecule has 0 saturated heterocycles. The summed E-state index contributed by atoms with van der Waals surface area (Å²) in [5, 5.41) is 11.7. The molecule has 8 heteroatoms. The minimum absolute atomic E-state index is 0.0835. The summed E-state index contributed by atoms with van der Waals surface area (Å²) in [7, 11) is 0. The highest BCUT2D eigenvalue weighted by Gasteiger charge is 2.20. The summed E-state index contributed by atoms with van der Waals surface area (Å²) >= 11 is 4.61. The second-order valence-corrected chi connectivity index (χ2v) is 6.74. The van der Waals surface area contributed by atoms with Gasteiger partial charge in [-0.3, -0.25) is 9.78 Å². The Balaban J connectivity index is 2.06. The quantitative estimate of drug-likeness (QED) is 0.589. The van der Waals surface area contributed by atoms with Gasteiger partial charge in [0.1, 0.15) is 28.5 Å². The molecule has 3 N–H and O–H groups in total. The number of thiol groups is 1. The molecule has 3 aromatic rings. The van der Waals surface area contributed by atoms with Gasteiger partial charge in [0.05, 0.1) is 11.4 Å². The van der Waals surface area contributed by atoms with Crippen molar-refractivity contribution >= 4 is 30.0 Å². The molecule has 0 aliphatic carbocycles. The molecule has 0 aliphatic rings. The first-order valence-electron chi connectivity index (χ1n) is 8.45. The maximum atomic E-state index is 11.2. The van der Waals surface area contributed by atoms with Crippen molar-refractivity contribution < 1.29 is 4.79 Å². The smallest absolute Gasteiger partial charge is 0.221 e. The number of aromatic nitrogens is 3. The first kappa shape index (κ1) is 19.3. The number of rotatable bonds is 4. The fourth-order valence-electron chi connectivity index (χ4n) is 2.69. The van der Waals surface area contributed by atoms with Crippen molar-refractivity contribution in [2.24, 2.45) is 0 Å². The minimum atomic E-state index is -0.493. The molecule has 3 rings (SSSR count). The number of nitrogen functional groups attached to an aromatic ring is 1. The van der Waals surface area contributed by atoms with Crippen LogP contribution >= 0.6 is 12.6 Å². The van der Waals surface area contributed by atoms with Crippen LogP contribution in [0.15, 0.2) is 42.6 Å². The average molecular weight is 390 g/mol. The van der Waals surface area contributed by atoms with Crippen molar-refractivity contribution in [2.75, 3.05) is 11.1 Å². The molecule has 2 heterocycles. The third kappa shape index (κ3) is 4.10. The van der Waals surface area contributed by atoms with E-state index in [1.807, 2.05) is 19.1 Å². The number of carbonyl (C=O) groups excluding carboxylic acids is 1. The largest absolute Gasteiger partial charge is 0.382 e. The number of nitriles is 1. The third-order valence-corrected chi connectivity index (χ3v) is 4.50. The Labute approximate surface area is 168 Å². The molecule has 1 unspecified atom stereocenters. The normalized spacial score (nSPS) is 11.5. The van der Waals surface area contributed by atoms with E-state index < -0.39 is 5.25 Å². The Morgan fingerprint density at radius 2 is 1.96 bits per heavy atom. The standard InChI is InChI=1S/C20H18N6OS/c1-11-7-8-23-16(9-11)18(28)20-25-17(15(10-21)19(22)26-20)13-3-5-14(6-4-13)24-12(2)27/h3-9,18,28H,1-2H3,(H,24,27)(H2,22,25,26). The van der Waals surface area contributed by atoms with Crippen molar-refractivity contribution in [3.05, 3.63) is 65.2 Å². The number of hydrogen-bond acceptors (Lipinski definition) is 7. The number of benzene rings is 1. The summed E-state index contributed by atoms with van der Waals surface area (Å²) in [6.07, 6.45) is 1.70. The highest BCUT2D eigenvalue weighted by atomic mass is 32.1. The predicted molar refractivity (Wildman–Crippen MR) is 111 cm³/mol. The molecule has 0 fully saturated rings. The monoisotopic (exact) mass is 390 g/mol. The van der Waals surface area contributed by atoms with Gasteiger partial charge >= 0.3 is 0 Å². The van der Waals surface area contributed by atoms with Crippen LogP contribution in [0, 0.1) is 18.3 Å². The number of hydrogen-bond donors (Lipinski definition) is 3. The van der Waals surface area contributed by atoms with Crippen LogP contribution in [-0.2, 0) is 4.79 Å². The topological polar surface area (TPSA) is 118 Å². The fourth-order valence-corrected chi connectivity index (χ4v) is 2.95. The number of nitrogens with one attached hydrogen (secondary N) is 1. The summed E-state index contributed by atoms with van der Waals surface area (Å²) in [5.74, 6) is 0.279. The highest BCUT2D eigenvalue weighted by Crippen LogP contribution is 2.31. The summed E-state index contributed by atoms with van der Waals surface area (Å²) in [4.78, 5) is 24.3. The Kier molecular flexibility index (Phi) is 5.57. The van der Waals surface area contributed by atoms with E-state index in [-0.39, 0.29) is 17.3 Å². The summed E-state index contributed by atoms with van der Waals surface area (Å²) in [6, 6.07) is 12.8. The van der Waals surface area contributed by atoms with Gasteiger partial charge in [-0.15, -0.1) is 0 Å². The van der Waals surface area contributed by atoms with E-state index in [1.165, 1.54) is 6.92 Å². The lowest BCUT2D eigenvalue weighted by Gasteiger charge is -2.14. The average Bonchev–Trinajstić information content (AvgIpc) is 2.67. The molecule has 0 bridgehead atoms. The van der Waals surface area contributed by atoms with E-state index in [0.29, 0.717) is 28.5 Å². The van der Waals surface area contributed by atoms with Gasteiger partial charge in [0, 0.05) is 24.4 Å². The zero-order valence-corrected chi connectivity index (χ0v) is 16.2. The molecule has 0 saturated carbocycles. The highest BCUT2D eigenvalue weighted by molar-refractivity contribution is 7.80. The molecular weight excluding hydrogens is 372 g/mol. The predicted octanol–water partition coefficient (Wildman–Crippen LogP) is 3.28. The lowest BCUT2D eigenvalue weighted by atomic mass is 10.1. The molecule has 0 spiro atoms. The Morgan fingerprint density at radius 1 is 1.25 bits per heavy atom. The number of nitrogens with two attached hydrogens (primary N) is 1.